The third-order valence-electron chi connectivity index (χ3n) is 3.60. The van der Waals surface area contributed by atoms with Crippen molar-refractivity contribution in [2.45, 2.75) is 32.5 Å². The van der Waals surface area contributed by atoms with Crippen molar-refractivity contribution in [1.29, 1.82) is 0 Å². The van der Waals surface area contributed by atoms with Gasteiger partial charge in [-0.15, -0.1) is 0 Å². The van der Waals surface area contributed by atoms with E-state index in [-0.39, 0.29) is 18.1 Å². The fourth-order valence-electron chi connectivity index (χ4n) is 2.38. The first-order chi connectivity index (χ1) is 9.16. The minimum absolute atomic E-state index is 0.165. The van der Waals surface area contributed by atoms with E-state index in [2.05, 4.69) is 0 Å². The number of hydrogen-bond acceptors (Lipinski definition) is 3. The maximum atomic E-state index is 12.0. The van der Waals surface area contributed by atoms with Gasteiger partial charge in [0, 0.05) is 19.0 Å². The molecule has 0 saturated carbocycles. The number of benzene rings is 1. The first kappa shape index (κ1) is 13.9. The SMILES string of the molecule is CC(O)[C@@H]1CCCN(C(=O)OCc2ccccc2)C1. The number of aliphatic hydroxyl groups excluding tert-OH is 1. The Morgan fingerprint density at radius 2 is 2.21 bits per heavy atom. The summed E-state index contributed by atoms with van der Waals surface area (Å²) in [7, 11) is 0. The molecule has 1 N–H and O–H groups in total. The van der Waals surface area contributed by atoms with Crippen LogP contribution in [0.2, 0.25) is 0 Å². The third kappa shape index (κ3) is 3.96. The molecule has 0 aliphatic carbocycles. The number of piperidine rings is 1. The first-order valence-corrected chi connectivity index (χ1v) is 6.80. The van der Waals surface area contributed by atoms with Gasteiger partial charge in [-0.3, -0.25) is 0 Å². The fraction of sp³-hybridized carbons (Fsp3) is 0.533. The summed E-state index contributed by atoms with van der Waals surface area (Å²) in [5, 5.41) is 9.61. The predicted molar refractivity (Wildman–Crippen MR) is 72.6 cm³/mol. The van der Waals surface area contributed by atoms with Gasteiger partial charge in [0.05, 0.1) is 6.10 Å². The number of amides is 1. The second-order valence-corrected chi connectivity index (χ2v) is 5.13. The highest BCUT2D eigenvalue weighted by molar-refractivity contribution is 5.67. The number of carbonyl (C=O) groups is 1. The molecule has 0 radical (unpaired) electrons. The van der Waals surface area contributed by atoms with Crippen molar-refractivity contribution >= 4 is 6.09 Å². The predicted octanol–water partition coefficient (Wildman–Crippen LogP) is 2.42. The van der Waals surface area contributed by atoms with Crippen molar-refractivity contribution < 1.29 is 14.6 Å². The second-order valence-electron chi connectivity index (χ2n) is 5.13. The highest BCUT2D eigenvalue weighted by Gasteiger charge is 2.27. The van der Waals surface area contributed by atoms with E-state index in [9.17, 15) is 9.90 Å². The molecule has 0 spiro atoms. The molecule has 1 aromatic rings. The van der Waals surface area contributed by atoms with Gasteiger partial charge in [0.2, 0.25) is 0 Å². The van der Waals surface area contributed by atoms with Crippen LogP contribution in [0.15, 0.2) is 30.3 Å². The van der Waals surface area contributed by atoms with Crippen molar-refractivity contribution in [3.63, 3.8) is 0 Å². The molecule has 4 nitrogen and oxygen atoms in total. The van der Waals surface area contributed by atoms with Crippen LogP contribution in [0.5, 0.6) is 0 Å². The standard InChI is InChI=1S/C15H21NO3/c1-12(17)14-8-5-9-16(10-14)15(18)19-11-13-6-3-2-4-7-13/h2-4,6-7,12,14,17H,5,8-11H2,1H3/t12?,14-/m1/s1. The van der Waals surface area contributed by atoms with Crippen LogP contribution in [0.4, 0.5) is 4.79 Å². The summed E-state index contributed by atoms with van der Waals surface area (Å²) in [5.74, 6) is 0.165. The van der Waals surface area contributed by atoms with Crippen molar-refractivity contribution in [2.24, 2.45) is 5.92 Å². The largest absolute Gasteiger partial charge is 0.445 e. The van der Waals surface area contributed by atoms with E-state index < -0.39 is 0 Å². The summed E-state index contributed by atoms with van der Waals surface area (Å²) in [6, 6.07) is 9.65. The Balaban J connectivity index is 1.83. The van der Waals surface area contributed by atoms with Crippen molar-refractivity contribution in [2.75, 3.05) is 13.1 Å². The maximum Gasteiger partial charge on any atom is 0.410 e. The Labute approximate surface area is 114 Å². The lowest BCUT2D eigenvalue weighted by Crippen LogP contribution is -2.43. The number of carbonyl (C=O) groups excluding carboxylic acids is 1. The molecule has 2 rings (SSSR count). The van der Waals surface area contributed by atoms with Crippen molar-refractivity contribution in [1.82, 2.24) is 4.90 Å². The quantitative estimate of drug-likeness (QED) is 0.911. The van der Waals surface area contributed by atoms with E-state index in [1.165, 1.54) is 0 Å². The number of ether oxygens (including phenoxy) is 1. The average molecular weight is 263 g/mol. The van der Waals surface area contributed by atoms with E-state index in [1.54, 1.807) is 11.8 Å². The molecule has 1 unspecified atom stereocenters. The lowest BCUT2D eigenvalue weighted by Gasteiger charge is -2.33. The van der Waals surface area contributed by atoms with Gasteiger partial charge in [0.25, 0.3) is 0 Å². The van der Waals surface area contributed by atoms with Gasteiger partial charge in [0.15, 0.2) is 0 Å². The maximum absolute atomic E-state index is 12.0. The summed E-state index contributed by atoms with van der Waals surface area (Å²) >= 11 is 0. The lowest BCUT2D eigenvalue weighted by atomic mass is 9.94. The lowest BCUT2D eigenvalue weighted by molar-refractivity contribution is 0.0450. The minimum atomic E-state index is -0.371. The Bertz CT molecular complexity index is 405. The van der Waals surface area contributed by atoms with Gasteiger partial charge in [-0.2, -0.15) is 0 Å². The van der Waals surface area contributed by atoms with Gasteiger partial charge in [0.1, 0.15) is 6.61 Å². The molecule has 104 valence electrons. The van der Waals surface area contributed by atoms with Crippen LogP contribution in [0.25, 0.3) is 0 Å². The van der Waals surface area contributed by atoms with Gasteiger partial charge < -0.3 is 14.7 Å². The zero-order chi connectivity index (χ0) is 13.7. The molecular formula is C15H21NO3. The van der Waals surface area contributed by atoms with Gasteiger partial charge in [-0.1, -0.05) is 30.3 Å². The summed E-state index contributed by atoms with van der Waals surface area (Å²) in [6.07, 6.45) is 1.25. The Kier molecular flexibility index (Phi) is 4.80. The number of aliphatic hydroxyl groups is 1. The molecule has 1 saturated heterocycles. The molecule has 4 heteroatoms. The van der Waals surface area contributed by atoms with Crippen LogP contribution in [-0.2, 0) is 11.3 Å². The molecule has 1 aliphatic heterocycles. The Hall–Kier alpha value is -1.55. The van der Waals surface area contributed by atoms with Crippen molar-refractivity contribution in [3.05, 3.63) is 35.9 Å². The fourth-order valence-corrected chi connectivity index (χ4v) is 2.38. The molecule has 19 heavy (non-hydrogen) atoms. The van der Waals surface area contributed by atoms with E-state index >= 15 is 0 Å². The molecule has 1 heterocycles. The number of nitrogens with zero attached hydrogens (tertiary/aromatic N) is 1. The van der Waals surface area contributed by atoms with Gasteiger partial charge in [-0.25, -0.2) is 4.79 Å². The minimum Gasteiger partial charge on any atom is -0.445 e. The van der Waals surface area contributed by atoms with Crippen LogP contribution in [0.3, 0.4) is 0 Å². The molecule has 2 atom stereocenters. The molecule has 1 amide bonds. The molecule has 0 aromatic heterocycles. The van der Waals surface area contributed by atoms with Crippen molar-refractivity contribution in [3.8, 4) is 0 Å². The normalized spacial score (nSPS) is 20.9. The summed E-state index contributed by atoms with van der Waals surface area (Å²) in [6.45, 7) is 3.39. The molecule has 1 aromatic carbocycles. The third-order valence-corrected chi connectivity index (χ3v) is 3.60. The number of likely N-dealkylation sites (tertiary alicyclic amines) is 1. The molecule has 1 fully saturated rings. The zero-order valence-corrected chi connectivity index (χ0v) is 11.3. The summed E-state index contributed by atoms with van der Waals surface area (Å²) in [4.78, 5) is 13.7. The monoisotopic (exact) mass is 263 g/mol. The van der Waals surface area contributed by atoms with E-state index in [1.807, 2.05) is 30.3 Å². The molecule has 1 aliphatic rings. The van der Waals surface area contributed by atoms with Crippen LogP contribution < -0.4 is 0 Å². The smallest absolute Gasteiger partial charge is 0.410 e. The number of hydrogen-bond donors (Lipinski definition) is 1. The number of rotatable bonds is 3. The summed E-state index contributed by atoms with van der Waals surface area (Å²) < 4.78 is 5.30. The Morgan fingerprint density at radius 3 is 2.89 bits per heavy atom. The van der Waals surface area contributed by atoms with E-state index in [0.717, 1.165) is 24.9 Å². The average Bonchev–Trinajstić information content (AvgIpc) is 2.46. The zero-order valence-electron chi connectivity index (χ0n) is 11.3. The van der Waals surface area contributed by atoms with E-state index in [0.29, 0.717) is 13.2 Å². The second kappa shape index (κ2) is 6.57. The molecular weight excluding hydrogens is 242 g/mol. The van der Waals surface area contributed by atoms with Crippen LogP contribution >= 0.6 is 0 Å². The van der Waals surface area contributed by atoms with Gasteiger partial charge >= 0.3 is 6.09 Å². The van der Waals surface area contributed by atoms with E-state index in [4.69, 9.17) is 4.74 Å². The van der Waals surface area contributed by atoms with Gasteiger partial charge in [-0.05, 0) is 25.3 Å². The first-order valence-electron chi connectivity index (χ1n) is 6.80. The van der Waals surface area contributed by atoms with Crippen LogP contribution in [-0.4, -0.2) is 35.3 Å². The van der Waals surface area contributed by atoms with Crippen LogP contribution in [0, 0.1) is 5.92 Å². The molecule has 0 bridgehead atoms. The summed E-state index contributed by atoms with van der Waals surface area (Å²) in [5.41, 5.74) is 0.986. The topological polar surface area (TPSA) is 49.8 Å². The van der Waals surface area contributed by atoms with Crippen LogP contribution in [0.1, 0.15) is 25.3 Å². The Morgan fingerprint density at radius 1 is 1.47 bits per heavy atom. The highest BCUT2D eigenvalue weighted by Crippen LogP contribution is 2.20. The highest BCUT2D eigenvalue weighted by atomic mass is 16.6.